The molecule has 0 bridgehead atoms. The van der Waals surface area contributed by atoms with Crippen molar-refractivity contribution in [1.82, 2.24) is 9.97 Å². The Labute approximate surface area is 124 Å². The van der Waals surface area contributed by atoms with Crippen LogP contribution in [0.15, 0.2) is 24.3 Å². The molecule has 108 valence electrons. The number of benzene rings is 1. The predicted molar refractivity (Wildman–Crippen MR) is 85.2 cm³/mol. The Balaban J connectivity index is 0.00000147. The quantitative estimate of drug-likeness (QED) is 0.884. The number of piperidine rings is 1. The molecular weight excluding hydrogens is 274 g/mol. The van der Waals surface area contributed by atoms with E-state index < -0.39 is 0 Å². The molecule has 0 amide bonds. The predicted octanol–water partition coefficient (Wildman–Crippen LogP) is 1.95. The molecule has 20 heavy (non-hydrogen) atoms. The van der Waals surface area contributed by atoms with Crippen molar-refractivity contribution < 1.29 is 0 Å². The summed E-state index contributed by atoms with van der Waals surface area (Å²) in [5.41, 5.74) is 13.7. The Morgan fingerprint density at radius 3 is 2.55 bits per heavy atom. The van der Waals surface area contributed by atoms with Crippen molar-refractivity contribution in [2.75, 3.05) is 23.7 Å². The van der Waals surface area contributed by atoms with Crippen LogP contribution in [0.25, 0.3) is 11.0 Å². The van der Waals surface area contributed by atoms with Crippen LogP contribution in [-0.4, -0.2) is 29.1 Å². The van der Waals surface area contributed by atoms with Gasteiger partial charge in [0.15, 0.2) is 11.6 Å². The van der Waals surface area contributed by atoms with Crippen molar-refractivity contribution in [3.05, 3.63) is 24.3 Å². The van der Waals surface area contributed by atoms with Gasteiger partial charge in [-0.3, -0.25) is 0 Å². The van der Waals surface area contributed by atoms with Gasteiger partial charge in [0.25, 0.3) is 0 Å². The number of aromatic nitrogens is 2. The topological polar surface area (TPSA) is 81.1 Å². The SMILES string of the molecule is Cl.NCC1CCCCN1c1nc2ccccc2nc1N. The number of halogens is 1. The molecule has 0 aliphatic carbocycles. The third kappa shape index (κ3) is 2.64. The summed E-state index contributed by atoms with van der Waals surface area (Å²) in [5.74, 6) is 1.29. The third-order valence-corrected chi connectivity index (χ3v) is 3.75. The highest BCUT2D eigenvalue weighted by Crippen LogP contribution is 2.28. The summed E-state index contributed by atoms with van der Waals surface area (Å²) in [4.78, 5) is 11.4. The smallest absolute Gasteiger partial charge is 0.172 e. The van der Waals surface area contributed by atoms with Gasteiger partial charge in [-0.25, -0.2) is 9.97 Å². The number of nitrogens with two attached hydrogens (primary N) is 2. The van der Waals surface area contributed by atoms with Crippen LogP contribution in [0.5, 0.6) is 0 Å². The molecule has 0 radical (unpaired) electrons. The van der Waals surface area contributed by atoms with Gasteiger partial charge >= 0.3 is 0 Å². The molecule has 0 spiro atoms. The lowest BCUT2D eigenvalue weighted by molar-refractivity contribution is 0.462. The zero-order valence-electron chi connectivity index (χ0n) is 11.3. The van der Waals surface area contributed by atoms with E-state index in [9.17, 15) is 0 Å². The van der Waals surface area contributed by atoms with Crippen molar-refractivity contribution in [3.63, 3.8) is 0 Å². The van der Waals surface area contributed by atoms with Crippen LogP contribution in [0.2, 0.25) is 0 Å². The Kier molecular flexibility index (Phi) is 4.62. The summed E-state index contributed by atoms with van der Waals surface area (Å²) >= 11 is 0. The van der Waals surface area contributed by atoms with Crippen LogP contribution in [0.3, 0.4) is 0 Å². The first kappa shape index (κ1) is 14.8. The number of fused-ring (bicyclic) bond motifs is 1. The average molecular weight is 294 g/mol. The summed E-state index contributed by atoms with van der Waals surface area (Å²) < 4.78 is 0. The Bertz CT molecular complexity index is 589. The molecule has 1 fully saturated rings. The second-order valence-electron chi connectivity index (χ2n) is 5.00. The largest absolute Gasteiger partial charge is 0.381 e. The molecule has 1 aliphatic rings. The third-order valence-electron chi connectivity index (χ3n) is 3.75. The van der Waals surface area contributed by atoms with Crippen molar-refractivity contribution >= 4 is 35.1 Å². The molecule has 5 nitrogen and oxygen atoms in total. The minimum absolute atomic E-state index is 0. The van der Waals surface area contributed by atoms with Crippen molar-refractivity contribution in [1.29, 1.82) is 0 Å². The number of nitrogen functional groups attached to an aromatic ring is 1. The van der Waals surface area contributed by atoms with E-state index in [2.05, 4.69) is 14.9 Å². The molecule has 4 N–H and O–H groups in total. The summed E-state index contributed by atoms with van der Waals surface area (Å²) in [6.07, 6.45) is 3.48. The molecule has 1 aromatic heterocycles. The Hall–Kier alpha value is -1.59. The molecule has 1 aromatic carbocycles. The lowest BCUT2D eigenvalue weighted by Gasteiger charge is -2.36. The first-order valence-electron chi connectivity index (χ1n) is 6.78. The van der Waals surface area contributed by atoms with Gasteiger partial charge in [-0.1, -0.05) is 12.1 Å². The van der Waals surface area contributed by atoms with Crippen LogP contribution in [0, 0.1) is 0 Å². The van der Waals surface area contributed by atoms with Crippen LogP contribution < -0.4 is 16.4 Å². The fourth-order valence-electron chi connectivity index (χ4n) is 2.74. The number of hydrogen-bond acceptors (Lipinski definition) is 5. The second-order valence-corrected chi connectivity index (χ2v) is 5.00. The van der Waals surface area contributed by atoms with Gasteiger partial charge in [0, 0.05) is 19.1 Å². The van der Waals surface area contributed by atoms with E-state index in [-0.39, 0.29) is 12.4 Å². The molecule has 2 heterocycles. The lowest BCUT2D eigenvalue weighted by Crippen LogP contribution is -2.45. The van der Waals surface area contributed by atoms with Gasteiger partial charge < -0.3 is 16.4 Å². The Morgan fingerprint density at radius 2 is 1.85 bits per heavy atom. The maximum absolute atomic E-state index is 6.08. The van der Waals surface area contributed by atoms with Crippen molar-refractivity contribution in [3.8, 4) is 0 Å². The van der Waals surface area contributed by atoms with Gasteiger partial charge in [-0.2, -0.15) is 0 Å². The number of anilines is 2. The highest BCUT2D eigenvalue weighted by Gasteiger charge is 2.24. The van der Waals surface area contributed by atoms with Gasteiger partial charge in [0.2, 0.25) is 0 Å². The average Bonchev–Trinajstić information content (AvgIpc) is 2.46. The zero-order valence-corrected chi connectivity index (χ0v) is 12.1. The van der Waals surface area contributed by atoms with E-state index in [0.717, 1.165) is 36.2 Å². The molecule has 1 aliphatic heterocycles. The molecule has 1 atom stereocenters. The van der Waals surface area contributed by atoms with Crippen molar-refractivity contribution in [2.24, 2.45) is 5.73 Å². The lowest BCUT2D eigenvalue weighted by atomic mass is 10.0. The maximum atomic E-state index is 6.08. The van der Waals surface area contributed by atoms with Gasteiger partial charge in [0.05, 0.1) is 11.0 Å². The highest BCUT2D eigenvalue weighted by atomic mass is 35.5. The molecule has 6 heteroatoms. The first-order valence-corrected chi connectivity index (χ1v) is 6.78. The normalized spacial score (nSPS) is 18.9. The minimum atomic E-state index is 0. The summed E-state index contributed by atoms with van der Waals surface area (Å²) in [7, 11) is 0. The molecule has 1 saturated heterocycles. The molecule has 2 aromatic rings. The molecule has 1 unspecified atom stereocenters. The fraction of sp³-hybridized carbons (Fsp3) is 0.429. The van der Waals surface area contributed by atoms with Gasteiger partial charge in [-0.05, 0) is 31.4 Å². The van der Waals surface area contributed by atoms with E-state index in [1.165, 1.54) is 6.42 Å². The number of nitrogens with zero attached hydrogens (tertiary/aromatic N) is 3. The molecular formula is C14H20ClN5. The fourth-order valence-corrected chi connectivity index (χ4v) is 2.74. The standard InChI is InChI=1S/C14H19N5.ClH/c15-9-10-5-3-4-8-19(10)14-13(16)17-11-6-1-2-7-12(11)18-14;/h1-2,6-7,10H,3-5,8-9,15H2,(H2,16,17);1H. The molecule has 3 rings (SSSR count). The number of rotatable bonds is 2. The van der Waals surface area contributed by atoms with E-state index >= 15 is 0 Å². The second kappa shape index (κ2) is 6.24. The van der Waals surface area contributed by atoms with Gasteiger partial charge in [-0.15, -0.1) is 12.4 Å². The first-order chi connectivity index (χ1) is 9.29. The highest BCUT2D eigenvalue weighted by molar-refractivity contribution is 5.85. The summed E-state index contributed by atoms with van der Waals surface area (Å²) in [6.45, 7) is 1.59. The van der Waals surface area contributed by atoms with Crippen LogP contribution in [0.4, 0.5) is 11.6 Å². The van der Waals surface area contributed by atoms with E-state index in [1.807, 2.05) is 24.3 Å². The van der Waals surface area contributed by atoms with Gasteiger partial charge in [0.1, 0.15) is 0 Å². The summed E-state index contributed by atoms with van der Waals surface area (Å²) in [6, 6.07) is 8.13. The van der Waals surface area contributed by atoms with Crippen LogP contribution in [0.1, 0.15) is 19.3 Å². The number of para-hydroxylation sites is 2. The number of hydrogen-bond donors (Lipinski definition) is 2. The van der Waals surface area contributed by atoms with E-state index in [0.29, 0.717) is 18.4 Å². The maximum Gasteiger partial charge on any atom is 0.172 e. The monoisotopic (exact) mass is 293 g/mol. The van der Waals surface area contributed by atoms with E-state index in [4.69, 9.17) is 11.5 Å². The Morgan fingerprint density at radius 1 is 1.15 bits per heavy atom. The summed E-state index contributed by atoms with van der Waals surface area (Å²) in [5, 5.41) is 0. The minimum Gasteiger partial charge on any atom is -0.381 e. The van der Waals surface area contributed by atoms with E-state index in [1.54, 1.807) is 0 Å². The van der Waals surface area contributed by atoms with Crippen LogP contribution in [-0.2, 0) is 0 Å². The zero-order chi connectivity index (χ0) is 13.2. The molecule has 0 saturated carbocycles. The van der Waals surface area contributed by atoms with Crippen LogP contribution >= 0.6 is 12.4 Å². The van der Waals surface area contributed by atoms with Crippen molar-refractivity contribution in [2.45, 2.75) is 25.3 Å².